The highest BCUT2D eigenvalue weighted by atomic mass is 32.2. The van der Waals surface area contributed by atoms with Gasteiger partial charge < -0.3 is 15.2 Å². The van der Waals surface area contributed by atoms with Crippen molar-refractivity contribution in [3.05, 3.63) is 48.5 Å². The summed E-state index contributed by atoms with van der Waals surface area (Å²) < 4.78 is 38.4. The summed E-state index contributed by atoms with van der Waals surface area (Å²) in [6.07, 6.45) is 2.05. The minimum Gasteiger partial charge on any atom is -0.497 e. The van der Waals surface area contributed by atoms with Gasteiger partial charge in [0.1, 0.15) is 17.2 Å². The molecule has 6 nitrogen and oxygen atoms in total. The number of ether oxygens (including phenoxy) is 2. The van der Waals surface area contributed by atoms with Gasteiger partial charge in [0.05, 0.1) is 12.0 Å². The fourth-order valence-corrected chi connectivity index (χ4v) is 3.89. The number of benzene rings is 2. The molecule has 1 saturated carbocycles. The lowest BCUT2D eigenvalue weighted by atomic mass is 10.2. The van der Waals surface area contributed by atoms with E-state index in [0.29, 0.717) is 24.0 Å². The molecule has 1 aliphatic carbocycles. The number of hydrogen-bond acceptors (Lipinski definition) is 5. The zero-order chi connectivity index (χ0) is 17.9. The van der Waals surface area contributed by atoms with Crippen LogP contribution in [0.1, 0.15) is 12.8 Å². The van der Waals surface area contributed by atoms with E-state index in [2.05, 4.69) is 4.72 Å². The quantitative estimate of drug-likeness (QED) is 0.753. The molecule has 25 heavy (non-hydrogen) atoms. The van der Waals surface area contributed by atoms with E-state index in [9.17, 15) is 8.42 Å². The van der Waals surface area contributed by atoms with Crippen LogP contribution in [0.5, 0.6) is 17.2 Å². The summed E-state index contributed by atoms with van der Waals surface area (Å²) in [6, 6.07) is 13.3. The molecule has 0 amide bonds. The molecule has 0 aromatic heterocycles. The molecule has 2 aromatic carbocycles. The van der Waals surface area contributed by atoms with Gasteiger partial charge in [-0.05, 0) is 67.3 Å². The Bertz CT molecular complexity index is 800. The Kier molecular flexibility index (Phi) is 5.27. The van der Waals surface area contributed by atoms with Crippen molar-refractivity contribution in [2.45, 2.75) is 23.8 Å². The molecule has 0 radical (unpaired) electrons. The van der Waals surface area contributed by atoms with Crippen molar-refractivity contribution in [3.63, 3.8) is 0 Å². The number of nitrogens with one attached hydrogen (secondary N) is 1. The van der Waals surface area contributed by atoms with Crippen LogP contribution in [0.3, 0.4) is 0 Å². The monoisotopic (exact) mass is 362 g/mol. The fourth-order valence-electron chi connectivity index (χ4n) is 2.57. The van der Waals surface area contributed by atoms with Gasteiger partial charge in [0.2, 0.25) is 10.0 Å². The van der Waals surface area contributed by atoms with Crippen LogP contribution in [0.2, 0.25) is 0 Å². The number of nitrogens with two attached hydrogens (primary N) is 1. The minimum absolute atomic E-state index is 0.194. The molecule has 0 saturated heterocycles. The summed E-state index contributed by atoms with van der Waals surface area (Å²) in [7, 11) is -1.98. The van der Waals surface area contributed by atoms with Crippen molar-refractivity contribution in [1.29, 1.82) is 0 Å². The first kappa shape index (κ1) is 17.7. The third-order valence-electron chi connectivity index (χ3n) is 4.18. The topological polar surface area (TPSA) is 90.6 Å². The molecule has 0 bridgehead atoms. The van der Waals surface area contributed by atoms with E-state index in [-0.39, 0.29) is 10.9 Å². The van der Waals surface area contributed by atoms with E-state index in [1.807, 2.05) is 0 Å². The van der Waals surface area contributed by atoms with Gasteiger partial charge in [-0.1, -0.05) is 0 Å². The van der Waals surface area contributed by atoms with Gasteiger partial charge in [-0.2, -0.15) is 0 Å². The van der Waals surface area contributed by atoms with Crippen LogP contribution >= 0.6 is 0 Å². The molecule has 1 fully saturated rings. The lowest BCUT2D eigenvalue weighted by Gasteiger charge is -2.16. The van der Waals surface area contributed by atoms with Gasteiger partial charge in [-0.25, -0.2) is 13.1 Å². The summed E-state index contributed by atoms with van der Waals surface area (Å²) >= 11 is 0. The van der Waals surface area contributed by atoms with Crippen molar-refractivity contribution in [2.75, 3.05) is 13.7 Å². The molecule has 2 aromatic rings. The number of hydrogen-bond donors (Lipinski definition) is 2. The molecular formula is C18H22N2O4S. The van der Waals surface area contributed by atoms with Crippen LogP contribution < -0.4 is 19.9 Å². The number of sulfonamides is 1. The predicted octanol–water partition coefficient (Wildman–Crippen LogP) is 2.50. The Labute approximate surface area is 148 Å². The van der Waals surface area contributed by atoms with Crippen molar-refractivity contribution >= 4 is 10.0 Å². The van der Waals surface area contributed by atoms with Crippen LogP contribution in [-0.2, 0) is 10.0 Å². The largest absolute Gasteiger partial charge is 0.497 e. The number of rotatable bonds is 8. The molecule has 1 atom stereocenters. The van der Waals surface area contributed by atoms with Gasteiger partial charge in [0, 0.05) is 12.6 Å². The lowest BCUT2D eigenvalue weighted by Crippen LogP contribution is -2.41. The lowest BCUT2D eigenvalue weighted by molar-refractivity contribution is 0.413. The zero-order valence-corrected chi connectivity index (χ0v) is 14.8. The smallest absolute Gasteiger partial charge is 0.240 e. The molecule has 7 heteroatoms. The standard InChI is InChI=1S/C18H22N2O4S/c1-23-14-4-6-15(7-5-14)24-16-8-10-17(11-9-16)25(21,22)20-18(12-19)13-2-3-13/h4-11,13,18,20H,2-3,12,19H2,1H3. The Morgan fingerprint density at radius 1 is 1.04 bits per heavy atom. The van der Waals surface area contributed by atoms with Crippen LogP contribution in [0.4, 0.5) is 0 Å². The van der Waals surface area contributed by atoms with Gasteiger partial charge in [-0.3, -0.25) is 0 Å². The molecule has 0 heterocycles. The normalized spacial score (nSPS) is 15.6. The molecular weight excluding hydrogens is 340 g/mol. The number of methoxy groups -OCH3 is 1. The second kappa shape index (κ2) is 7.43. The Morgan fingerprint density at radius 2 is 1.56 bits per heavy atom. The molecule has 0 spiro atoms. The van der Waals surface area contributed by atoms with Crippen LogP contribution in [-0.4, -0.2) is 28.1 Å². The van der Waals surface area contributed by atoms with Crippen molar-refractivity contribution < 1.29 is 17.9 Å². The summed E-state index contributed by atoms with van der Waals surface area (Å²) in [5.41, 5.74) is 5.67. The van der Waals surface area contributed by atoms with E-state index in [1.165, 1.54) is 12.1 Å². The summed E-state index contributed by atoms with van der Waals surface area (Å²) in [5.74, 6) is 2.30. The Hall–Kier alpha value is -2.09. The van der Waals surface area contributed by atoms with E-state index in [1.54, 1.807) is 43.5 Å². The highest BCUT2D eigenvalue weighted by molar-refractivity contribution is 7.89. The van der Waals surface area contributed by atoms with E-state index >= 15 is 0 Å². The predicted molar refractivity (Wildman–Crippen MR) is 95.4 cm³/mol. The molecule has 1 aliphatic rings. The summed E-state index contributed by atoms with van der Waals surface area (Å²) in [4.78, 5) is 0.202. The highest BCUT2D eigenvalue weighted by Crippen LogP contribution is 2.33. The maximum atomic E-state index is 12.5. The third kappa shape index (κ3) is 4.50. The molecule has 0 aliphatic heterocycles. The molecule has 134 valence electrons. The average molecular weight is 362 g/mol. The summed E-state index contributed by atoms with van der Waals surface area (Å²) in [6.45, 7) is 0.308. The van der Waals surface area contributed by atoms with Crippen molar-refractivity contribution in [1.82, 2.24) is 4.72 Å². The van der Waals surface area contributed by atoms with Gasteiger partial charge in [0.15, 0.2) is 0 Å². The van der Waals surface area contributed by atoms with E-state index in [4.69, 9.17) is 15.2 Å². The zero-order valence-electron chi connectivity index (χ0n) is 14.0. The van der Waals surface area contributed by atoms with Crippen molar-refractivity contribution in [3.8, 4) is 17.2 Å². The van der Waals surface area contributed by atoms with Crippen LogP contribution in [0, 0.1) is 5.92 Å². The first-order valence-corrected chi connectivity index (χ1v) is 9.64. The first-order chi connectivity index (χ1) is 12.0. The first-order valence-electron chi connectivity index (χ1n) is 8.16. The third-order valence-corrected chi connectivity index (χ3v) is 5.69. The highest BCUT2D eigenvalue weighted by Gasteiger charge is 2.33. The van der Waals surface area contributed by atoms with Gasteiger partial charge in [-0.15, -0.1) is 0 Å². The van der Waals surface area contributed by atoms with E-state index in [0.717, 1.165) is 18.6 Å². The average Bonchev–Trinajstić information content (AvgIpc) is 3.46. The maximum absolute atomic E-state index is 12.5. The van der Waals surface area contributed by atoms with E-state index < -0.39 is 10.0 Å². The molecule has 1 unspecified atom stereocenters. The summed E-state index contributed by atoms with van der Waals surface area (Å²) in [5, 5.41) is 0. The van der Waals surface area contributed by atoms with Gasteiger partial charge >= 0.3 is 0 Å². The van der Waals surface area contributed by atoms with Gasteiger partial charge in [0.25, 0.3) is 0 Å². The molecule has 3 N–H and O–H groups in total. The van der Waals surface area contributed by atoms with Crippen LogP contribution in [0.25, 0.3) is 0 Å². The second-order valence-electron chi connectivity index (χ2n) is 6.05. The Morgan fingerprint density at radius 3 is 2.04 bits per heavy atom. The maximum Gasteiger partial charge on any atom is 0.240 e. The fraction of sp³-hybridized carbons (Fsp3) is 0.333. The minimum atomic E-state index is -3.58. The Balaban J connectivity index is 1.68. The SMILES string of the molecule is COc1ccc(Oc2ccc(S(=O)(=O)NC(CN)C3CC3)cc2)cc1. The molecule has 3 rings (SSSR count). The second-order valence-corrected chi connectivity index (χ2v) is 7.76. The van der Waals surface area contributed by atoms with Crippen LogP contribution in [0.15, 0.2) is 53.4 Å². The van der Waals surface area contributed by atoms with Crippen molar-refractivity contribution in [2.24, 2.45) is 11.7 Å².